The van der Waals surface area contributed by atoms with Crippen molar-refractivity contribution in [2.24, 2.45) is 0 Å². The van der Waals surface area contributed by atoms with Gasteiger partial charge in [-0.05, 0) is 42.1 Å². The first-order valence-corrected chi connectivity index (χ1v) is 7.81. The average Bonchev–Trinajstić information content (AvgIpc) is 2.96. The summed E-state index contributed by atoms with van der Waals surface area (Å²) in [5, 5.41) is 10.1. The highest BCUT2D eigenvalue weighted by Crippen LogP contribution is 2.32. The number of nitrogens with zero attached hydrogens (tertiary/aromatic N) is 1. The van der Waals surface area contributed by atoms with E-state index in [4.69, 9.17) is 11.6 Å². The molecule has 1 heterocycles. The quantitative estimate of drug-likeness (QED) is 0.926. The largest absolute Gasteiger partial charge is 0.478 e. The van der Waals surface area contributed by atoms with Crippen molar-refractivity contribution in [3.63, 3.8) is 0 Å². The molecule has 0 saturated carbocycles. The number of hydrogen-bond donors (Lipinski definition) is 1. The van der Waals surface area contributed by atoms with Gasteiger partial charge in [-0.15, -0.1) is 0 Å². The Balaban J connectivity index is 1.72. The molecular formula is C18H18ClNO2. The zero-order valence-corrected chi connectivity index (χ0v) is 13.0. The monoisotopic (exact) mass is 315 g/mol. The van der Waals surface area contributed by atoms with E-state index in [9.17, 15) is 9.90 Å². The summed E-state index contributed by atoms with van der Waals surface area (Å²) in [6.07, 6.45) is 1.05. The molecule has 1 atom stereocenters. The Morgan fingerprint density at radius 2 is 1.91 bits per heavy atom. The first-order chi connectivity index (χ1) is 10.6. The van der Waals surface area contributed by atoms with E-state index in [0.717, 1.165) is 30.1 Å². The molecule has 2 aromatic carbocycles. The molecule has 0 bridgehead atoms. The lowest BCUT2D eigenvalue weighted by atomic mass is 9.98. The van der Waals surface area contributed by atoms with Crippen molar-refractivity contribution in [2.45, 2.75) is 18.9 Å². The van der Waals surface area contributed by atoms with Crippen molar-refractivity contribution >= 4 is 17.6 Å². The molecule has 0 spiro atoms. The Bertz CT molecular complexity index is 686. The zero-order chi connectivity index (χ0) is 15.5. The van der Waals surface area contributed by atoms with Crippen LogP contribution in [0.25, 0.3) is 0 Å². The maximum atomic E-state index is 11.3. The number of rotatable bonds is 4. The third-order valence-electron chi connectivity index (χ3n) is 4.26. The van der Waals surface area contributed by atoms with Gasteiger partial charge in [0, 0.05) is 18.1 Å². The summed E-state index contributed by atoms with van der Waals surface area (Å²) in [5.41, 5.74) is 2.46. The fraction of sp³-hybridized carbons (Fsp3) is 0.278. The number of halogens is 1. The van der Waals surface area contributed by atoms with Gasteiger partial charge in [0.05, 0.1) is 5.56 Å². The Morgan fingerprint density at radius 3 is 2.68 bits per heavy atom. The smallest absolute Gasteiger partial charge is 0.336 e. The number of likely N-dealkylation sites (tertiary alicyclic amines) is 1. The highest BCUT2D eigenvalue weighted by molar-refractivity contribution is 6.31. The average molecular weight is 316 g/mol. The first kappa shape index (κ1) is 15.1. The maximum Gasteiger partial charge on any atom is 0.336 e. The van der Waals surface area contributed by atoms with Crippen LogP contribution in [0.4, 0.5) is 0 Å². The van der Waals surface area contributed by atoms with E-state index >= 15 is 0 Å². The number of aromatic carboxylic acids is 1. The van der Waals surface area contributed by atoms with Crippen molar-refractivity contribution in [1.29, 1.82) is 0 Å². The van der Waals surface area contributed by atoms with E-state index in [0.29, 0.717) is 18.0 Å². The lowest BCUT2D eigenvalue weighted by Gasteiger charge is -2.18. The number of carboxylic acids is 1. The van der Waals surface area contributed by atoms with Crippen molar-refractivity contribution < 1.29 is 9.90 Å². The molecule has 22 heavy (non-hydrogen) atoms. The number of benzene rings is 2. The van der Waals surface area contributed by atoms with Crippen LogP contribution in [0, 0.1) is 0 Å². The molecule has 2 aromatic rings. The molecule has 0 radical (unpaired) electrons. The topological polar surface area (TPSA) is 40.5 Å². The minimum Gasteiger partial charge on any atom is -0.478 e. The van der Waals surface area contributed by atoms with Crippen LogP contribution in [0.3, 0.4) is 0 Å². The maximum absolute atomic E-state index is 11.3. The second kappa shape index (κ2) is 6.51. The predicted molar refractivity (Wildman–Crippen MR) is 87.5 cm³/mol. The van der Waals surface area contributed by atoms with E-state index in [1.807, 2.05) is 30.3 Å². The van der Waals surface area contributed by atoms with Gasteiger partial charge in [-0.3, -0.25) is 4.90 Å². The van der Waals surface area contributed by atoms with Crippen LogP contribution in [-0.2, 0) is 6.54 Å². The number of carboxylic acid groups (broad SMARTS) is 1. The molecule has 0 aliphatic carbocycles. The normalized spacial score (nSPS) is 18.5. The Hall–Kier alpha value is -1.84. The summed E-state index contributed by atoms with van der Waals surface area (Å²) < 4.78 is 0. The summed E-state index contributed by atoms with van der Waals surface area (Å²) >= 11 is 6.28. The van der Waals surface area contributed by atoms with Gasteiger partial charge < -0.3 is 5.11 Å². The van der Waals surface area contributed by atoms with E-state index in [1.165, 1.54) is 5.56 Å². The summed E-state index contributed by atoms with van der Waals surface area (Å²) in [7, 11) is 0. The standard InChI is InChI=1S/C18H18ClNO2/c19-17-8-4-3-6-15(17)14-9-10-20(12-14)11-13-5-1-2-7-16(13)18(21)22/h1-8,14H,9-12H2,(H,21,22)/t14-/m1/s1. The van der Waals surface area contributed by atoms with Crippen LogP contribution in [0.2, 0.25) is 5.02 Å². The zero-order valence-electron chi connectivity index (χ0n) is 12.2. The van der Waals surface area contributed by atoms with Gasteiger partial charge in [0.25, 0.3) is 0 Å². The molecule has 1 aliphatic rings. The van der Waals surface area contributed by atoms with Crippen molar-refractivity contribution in [3.8, 4) is 0 Å². The minimum absolute atomic E-state index is 0.392. The van der Waals surface area contributed by atoms with Gasteiger partial charge in [-0.2, -0.15) is 0 Å². The molecule has 0 amide bonds. The summed E-state index contributed by atoms with van der Waals surface area (Å²) in [6.45, 7) is 2.55. The lowest BCUT2D eigenvalue weighted by molar-refractivity contribution is 0.0694. The molecule has 1 aliphatic heterocycles. The fourth-order valence-corrected chi connectivity index (χ4v) is 3.43. The Labute approximate surface area is 135 Å². The van der Waals surface area contributed by atoms with Gasteiger partial charge in [0.2, 0.25) is 0 Å². The van der Waals surface area contributed by atoms with Gasteiger partial charge >= 0.3 is 5.97 Å². The Morgan fingerprint density at radius 1 is 1.18 bits per heavy atom. The SMILES string of the molecule is O=C(O)c1ccccc1CN1CC[C@@H](c2ccccc2Cl)C1. The molecular weight excluding hydrogens is 298 g/mol. The summed E-state index contributed by atoms with van der Waals surface area (Å²) in [5.74, 6) is -0.442. The molecule has 1 N–H and O–H groups in total. The molecule has 1 saturated heterocycles. The van der Waals surface area contributed by atoms with Gasteiger partial charge in [-0.25, -0.2) is 4.79 Å². The van der Waals surface area contributed by atoms with Crippen molar-refractivity contribution in [2.75, 3.05) is 13.1 Å². The summed E-state index contributed by atoms with van der Waals surface area (Å²) in [6, 6.07) is 15.2. The number of hydrogen-bond acceptors (Lipinski definition) is 2. The number of carbonyl (C=O) groups is 1. The van der Waals surface area contributed by atoms with E-state index < -0.39 is 5.97 Å². The molecule has 4 heteroatoms. The van der Waals surface area contributed by atoms with Crippen LogP contribution in [0.1, 0.15) is 33.8 Å². The fourth-order valence-electron chi connectivity index (χ4n) is 3.14. The van der Waals surface area contributed by atoms with Gasteiger partial charge in [0.15, 0.2) is 0 Å². The molecule has 0 unspecified atom stereocenters. The van der Waals surface area contributed by atoms with Crippen LogP contribution in [0.15, 0.2) is 48.5 Å². The third-order valence-corrected chi connectivity index (χ3v) is 4.60. The van der Waals surface area contributed by atoms with Crippen LogP contribution in [-0.4, -0.2) is 29.1 Å². The molecule has 0 aromatic heterocycles. The van der Waals surface area contributed by atoms with E-state index in [-0.39, 0.29) is 0 Å². The van der Waals surface area contributed by atoms with Crippen molar-refractivity contribution in [1.82, 2.24) is 4.90 Å². The van der Waals surface area contributed by atoms with Gasteiger partial charge in [-0.1, -0.05) is 48.0 Å². The van der Waals surface area contributed by atoms with E-state index in [1.54, 1.807) is 12.1 Å². The molecule has 114 valence electrons. The van der Waals surface area contributed by atoms with Crippen LogP contribution >= 0.6 is 11.6 Å². The molecule has 1 fully saturated rings. The molecule has 3 rings (SSSR count). The highest BCUT2D eigenvalue weighted by Gasteiger charge is 2.26. The predicted octanol–water partition coefficient (Wildman–Crippen LogP) is 4.03. The van der Waals surface area contributed by atoms with Crippen LogP contribution in [0.5, 0.6) is 0 Å². The second-order valence-corrected chi connectivity index (χ2v) is 6.11. The lowest BCUT2D eigenvalue weighted by Crippen LogP contribution is -2.21. The summed E-state index contributed by atoms with van der Waals surface area (Å²) in [4.78, 5) is 13.6. The van der Waals surface area contributed by atoms with Gasteiger partial charge in [0.1, 0.15) is 0 Å². The third kappa shape index (κ3) is 3.16. The minimum atomic E-state index is -0.863. The Kier molecular flexibility index (Phi) is 4.46. The molecule has 3 nitrogen and oxygen atoms in total. The van der Waals surface area contributed by atoms with Crippen molar-refractivity contribution in [3.05, 3.63) is 70.2 Å². The first-order valence-electron chi connectivity index (χ1n) is 7.43. The highest BCUT2D eigenvalue weighted by atomic mass is 35.5. The van der Waals surface area contributed by atoms with Crippen LogP contribution < -0.4 is 0 Å². The second-order valence-electron chi connectivity index (χ2n) is 5.70. The van der Waals surface area contributed by atoms with E-state index in [2.05, 4.69) is 11.0 Å².